The molecule has 2 aromatic rings. The average Bonchev–Trinajstić information content (AvgIpc) is 2.46. The van der Waals surface area contributed by atoms with Gasteiger partial charge in [-0.3, -0.25) is 4.98 Å². The van der Waals surface area contributed by atoms with Crippen molar-refractivity contribution in [3.8, 4) is 5.75 Å². The smallest absolute Gasteiger partial charge is 0.419 e. The lowest BCUT2D eigenvalue weighted by Crippen LogP contribution is -2.11. The summed E-state index contributed by atoms with van der Waals surface area (Å²) in [6.45, 7) is 0.334. The molecule has 0 unspecified atom stereocenters. The molecule has 6 heteroatoms. The summed E-state index contributed by atoms with van der Waals surface area (Å²) >= 11 is 0. The van der Waals surface area contributed by atoms with Crippen molar-refractivity contribution < 1.29 is 17.9 Å². The van der Waals surface area contributed by atoms with Crippen LogP contribution in [0.3, 0.4) is 0 Å². The monoisotopic (exact) mass is 296 g/mol. The van der Waals surface area contributed by atoms with Gasteiger partial charge < -0.3 is 10.5 Å². The van der Waals surface area contributed by atoms with Crippen LogP contribution in [0, 0.1) is 0 Å². The molecule has 0 fully saturated rings. The van der Waals surface area contributed by atoms with Gasteiger partial charge in [-0.1, -0.05) is 12.1 Å². The fourth-order valence-electron chi connectivity index (χ4n) is 1.89. The second-order valence-corrected chi connectivity index (χ2v) is 4.52. The van der Waals surface area contributed by atoms with Crippen LogP contribution in [0.15, 0.2) is 42.7 Å². The van der Waals surface area contributed by atoms with Crippen LogP contribution in [0.25, 0.3) is 0 Å². The number of alkyl halides is 3. The average molecular weight is 296 g/mol. The van der Waals surface area contributed by atoms with Crippen LogP contribution >= 0.6 is 0 Å². The number of hydrogen-bond acceptors (Lipinski definition) is 3. The van der Waals surface area contributed by atoms with Gasteiger partial charge >= 0.3 is 6.18 Å². The van der Waals surface area contributed by atoms with Crippen molar-refractivity contribution in [3.05, 3.63) is 59.4 Å². The van der Waals surface area contributed by atoms with Gasteiger partial charge in [-0.2, -0.15) is 13.2 Å². The van der Waals surface area contributed by atoms with Gasteiger partial charge in [0.1, 0.15) is 12.4 Å². The first-order chi connectivity index (χ1) is 10.0. The third kappa shape index (κ3) is 4.19. The van der Waals surface area contributed by atoms with Gasteiger partial charge in [0.2, 0.25) is 0 Å². The highest BCUT2D eigenvalue weighted by atomic mass is 19.4. The minimum Gasteiger partial charge on any atom is -0.488 e. The summed E-state index contributed by atoms with van der Waals surface area (Å²) in [7, 11) is 0. The molecule has 0 aliphatic heterocycles. The number of rotatable bonds is 5. The third-order valence-corrected chi connectivity index (χ3v) is 2.90. The summed E-state index contributed by atoms with van der Waals surface area (Å²) in [5.41, 5.74) is 5.84. The minimum absolute atomic E-state index is 0.0349. The molecule has 0 aliphatic rings. The number of ether oxygens (including phenoxy) is 1. The quantitative estimate of drug-likeness (QED) is 0.922. The van der Waals surface area contributed by atoms with Gasteiger partial charge in [-0.15, -0.1) is 0 Å². The Labute approximate surface area is 120 Å². The van der Waals surface area contributed by atoms with E-state index in [2.05, 4.69) is 4.98 Å². The number of benzene rings is 1. The Balaban J connectivity index is 2.21. The van der Waals surface area contributed by atoms with Crippen LogP contribution in [0.2, 0.25) is 0 Å². The Morgan fingerprint density at radius 3 is 2.57 bits per heavy atom. The largest absolute Gasteiger partial charge is 0.488 e. The van der Waals surface area contributed by atoms with Gasteiger partial charge in [0, 0.05) is 18.0 Å². The second-order valence-electron chi connectivity index (χ2n) is 4.52. The van der Waals surface area contributed by atoms with Crippen molar-refractivity contribution in [1.29, 1.82) is 0 Å². The minimum atomic E-state index is -4.46. The lowest BCUT2D eigenvalue weighted by atomic mass is 10.1. The van der Waals surface area contributed by atoms with Gasteiger partial charge in [-0.05, 0) is 36.7 Å². The number of halogens is 3. The molecule has 0 saturated heterocycles. The van der Waals surface area contributed by atoms with E-state index in [1.807, 2.05) is 0 Å². The molecule has 3 nitrogen and oxygen atoms in total. The number of pyridine rings is 1. The summed E-state index contributed by atoms with van der Waals surface area (Å²) < 4.78 is 44.5. The Hall–Kier alpha value is -2.08. The van der Waals surface area contributed by atoms with E-state index in [4.69, 9.17) is 10.5 Å². The van der Waals surface area contributed by atoms with Crippen molar-refractivity contribution in [1.82, 2.24) is 4.98 Å². The number of nitrogens with two attached hydrogens (primary N) is 1. The van der Waals surface area contributed by atoms with E-state index < -0.39 is 11.7 Å². The molecule has 1 aromatic carbocycles. The number of nitrogens with zero attached hydrogens (tertiary/aromatic N) is 1. The molecular weight excluding hydrogens is 281 g/mol. The maximum Gasteiger partial charge on any atom is 0.419 e. The highest BCUT2D eigenvalue weighted by molar-refractivity contribution is 5.39. The first-order valence-electron chi connectivity index (χ1n) is 6.42. The lowest BCUT2D eigenvalue weighted by Gasteiger charge is -2.15. The standard InChI is InChI=1S/C15H15F3N2O/c16-15(17,18)13-8-11(5-6-19)3-4-14(13)21-10-12-2-1-7-20-9-12/h1-4,7-9H,5-6,10,19H2. The Morgan fingerprint density at radius 1 is 1.14 bits per heavy atom. The highest BCUT2D eigenvalue weighted by Gasteiger charge is 2.34. The van der Waals surface area contributed by atoms with E-state index in [1.165, 1.54) is 6.07 Å². The van der Waals surface area contributed by atoms with Crippen molar-refractivity contribution in [3.63, 3.8) is 0 Å². The fraction of sp³-hybridized carbons (Fsp3) is 0.267. The van der Waals surface area contributed by atoms with Crippen LogP contribution in [-0.2, 0) is 19.2 Å². The molecule has 2 rings (SSSR count). The fourth-order valence-corrected chi connectivity index (χ4v) is 1.89. The van der Waals surface area contributed by atoms with Gasteiger partial charge in [0.15, 0.2) is 0 Å². The van der Waals surface area contributed by atoms with Gasteiger partial charge in [0.05, 0.1) is 5.56 Å². The van der Waals surface area contributed by atoms with Crippen LogP contribution in [0.4, 0.5) is 13.2 Å². The van der Waals surface area contributed by atoms with Crippen molar-refractivity contribution in [2.24, 2.45) is 5.73 Å². The predicted octanol–water partition coefficient (Wildman–Crippen LogP) is 3.18. The molecule has 2 N–H and O–H groups in total. The molecule has 0 aliphatic carbocycles. The van der Waals surface area contributed by atoms with Gasteiger partial charge in [0.25, 0.3) is 0 Å². The van der Waals surface area contributed by atoms with Crippen molar-refractivity contribution >= 4 is 0 Å². The topological polar surface area (TPSA) is 48.1 Å². The molecule has 1 heterocycles. The van der Waals surface area contributed by atoms with Gasteiger partial charge in [-0.25, -0.2) is 0 Å². The summed E-state index contributed by atoms with van der Waals surface area (Å²) in [6.07, 6.45) is -0.927. The van der Waals surface area contributed by atoms with Crippen LogP contribution in [-0.4, -0.2) is 11.5 Å². The normalized spacial score (nSPS) is 11.4. The zero-order valence-electron chi connectivity index (χ0n) is 11.2. The molecule has 112 valence electrons. The third-order valence-electron chi connectivity index (χ3n) is 2.90. The van der Waals surface area contributed by atoms with Crippen LogP contribution in [0.5, 0.6) is 5.75 Å². The number of aromatic nitrogens is 1. The van der Waals surface area contributed by atoms with E-state index in [0.29, 0.717) is 24.1 Å². The highest BCUT2D eigenvalue weighted by Crippen LogP contribution is 2.37. The Bertz CT molecular complexity index is 585. The molecule has 0 saturated carbocycles. The second kappa shape index (κ2) is 6.58. The summed E-state index contributed by atoms with van der Waals surface area (Å²) in [5, 5.41) is 0. The summed E-state index contributed by atoms with van der Waals surface area (Å²) in [4.78, 5) is 3.89. The molecule has 1 aromatic heterocycles. The Morgan fingerprint density at radius 2 is 1.95 bits per heavy atom. The lowest BCUT2D eigenvalue weighted by molar-refractivity contribution is -0.139. The summed E-state index contributed by atoms with van der Waals surface area (Å²) in [6, 6.07) is 7.47. The molecule has 0 amide bonds. The Kier molecular flexibility index (Phi) is 4.80. The van der Waals surface area contributed by atoms with E-state index in [0.717, 1.165) is 6.07 Å². The van der Waals surface area contributed by atoms with Crippen LogP contribution < -0.4 is 10.5 Å². The summed E-state index contributed by atoms with van der Waals surface area (Å²) in [5.74, 6) is -0.188. The number of hydrogen-bond donors (Lipinski definition) is 1. The first-order valence-corrected chi connectivity index (χ1v) is 6.42. The molecule has 0 atom stereocenters. The van der Waals surface area contributed by atoms with E-state index >= 15 is 0 Å². The zero-order chi connectivity index (χ0) is 15.3. The van der Waals surface area contributed by atoms with Crippen LogP contribution in [0.1, 0.15) is 16.7 Å². The molecular formula is C15H15F3N2O. The first kappa shape index (κ1) is 15.3. The SMILES string of the molecule is NCCc1ccc(OCc2cccnc2)c(C(F)(F)F)c1. The molecule has 0 radical (unpaired) electrons. The molecule has 0 spiro atoms. The molecule has 21 heavy (non-hydrogen) atoms. The van der Waals surface area contributed by atoms with E-state index in [1.54, 1.807) is 30.6 Å². The van der Waals surface area contributed by atoms with E-state index in [9.17, 15) is 13.2 Å². The maximum atomic E-state index is 13.1. The zero-order valence-corrected chi connectivity index (χ0v) is 11.2. The van der Waals surface area contributed by atoms with Crippen molar-refractivity contribution in [2.45, 2.75) is 19.2 Å². The van der Waals surface area contributed by atoms with E-state index in [-0.39, 0.29) is 12.4 Å². The van der Waals surface area contributed by atoms with Crippen molar-refractivity contribution in [2.75, 3.05) is 6.54 Å². The predicted molar refractivity (Wildman–Crippen MR) is 72.8 cm³/mol. The maximum absolute atomic E-state index is 13.1. The molecule has 0 bridgehead atoms.